The smallest absolute Gasteiger partial charge is 0.145 e. The summed E-state index contributed by atoms with van der Waals surface area (Å²) in [7, 11) is 2.10. The lowest BCUT2D eigenvalue weighted by molar-refractivity contribution is 0.00545. The molecule has 8 nitrogen and oxygen atoms in total. The number of nitrogens with zero attached hydrogens (tertiary/aromatic N) is 4. The van der Waals surface area contributed by atoms with Crippen LogP contribution in [-0.2, 0) is 6.42 Å². The average Bonchev–Trinajstić information content (AvgIpc) is 3.52. The topological polar surface area (TPSA) is 122 Å². The highest BCUT2D eigenvalue weighted by molar-refractivity contribution is 6.36. The summed E-state index contributed by atoms with van der Waals surface area (Å²) in [4.78, 5) is 13.3. The van der Waals surface area contributed by atoms with Crippen LogP contribution in [0.2, 0.25) is 0 Å². The zero-order valence-corrected chi connectivity index (χ0v) is 19.9. The van der Waals surface area contributed by atoms with Gasteiger partial charge in [0.2, 0.25) is 0 Å². The number of nitrogen functional groups attached to an aromatic ring is 1. The molecule has 0 unspecified atom stereocenters. The average molecular weight is 470 g/mol. The Morgan fingerprint density at radius 1 is 1.11 bits per heavy atom. The molecule has 35 heavy (non-hydrogen) atoms. The Hall–Kier alpha value is -3.17. The first-order valence-corrected chi connectivity index (χ1v) is 12.5. The fourth-order valence-corrected chi connectivity index (χ4v) is 5.49. The van der Waals surface area contributed by atoms with E-state index in [9.17, 15) is 10.2 Å². The molecule has 2 aliphatic carbocycles. The zero-order chi connectivity index (χ0) is 24.1. The Morgan fingerprint density at radius 3 is 2.80 bits per heavy atom. The van der Waals surface area contributed by atoms with Gasteiger partial charge in [0, 0.05) is 12.7 Å². The van der Waals surface area contributed by atoms with Crippen LogP contribution in [0.3, 0.4) is 0 Å². The number of rotatable bonds is 7. The number of hydrogen-bond donors (Lipinski definition) is 4. The van der Waals surface area contributed by atoms with Crippen LogP contribution in [0, 0.1) is 11.8 Å². The molecule has 0 radical (unpaired) electrons. The number of benzene rings is 1. The molecule has 1 aromatic carbocycles. The summed E-state index contributed by atoms with van der Waals surface area (Å²) in [6, 6.07) is 10.3. The molecule has 0 bridgehead atoms. The maximum atomic E-state index is 10.9. The van der Waals surface area contributed by atoms with Gasteiger partial charge in [-0.1, -0.05) is 18.2 Å². The number of nitrogens with one attached hydrogen (secondary N) is 1. The minimum absolute atomic E-state index is 0.0101. The lowest BCUT2D eigenvalue weighted by atomic mass is 9.93. The first kappa shape index (κ1) is 22.3. The third kappa shape index (κ3) is 4.23. The lowest BCUT2D eigenvalue weighted by Crippen LogP contribution is -2.29. The van der Waals surface area contributed by atoms with Crippen LogP contribution in [0.25, 0.3) is 21.9 Å². The predicted octanol–water partition coefficient (Wildman–Crippen LogP) is 1.56. The molecular formula is C26H31BN6O2. The number of fused-ring (bicyclic) bond motifs is 2. The Balaban J connectivity index is 1.17. The summed E-state index contributed by atoms with van der Waals surface area (Å²) in [6.45, 7) is 0.997. The zero-order valence-electron chi connectivity index (χ0n) is 19.9. The van der Waals surface area contributed by atoms with E-state index in [1.54, 1.807) is 0 Å². The van der Waals surface area contributed by atoms with Gasteiger partial charge in [0.1, 0.15) is 37.6 Å². The van der Waals surface area contributed by atoms with Crippen molar-refractivity contribution in [1.82, 2.24) is 19.5 Å². The molecule has 0 amide bonds. The van der Waals surface area contributed by atoms with Crippen LogP contribution in [0.5, 0.6) is 0 Å². The number of aryl methyl sites for hydroxylation is 1. The van der Waals surface area contributed by atoms with Crippen LogP contribution < -0.4 is 16.5 Å². The molecular weight excluding hydrogens is 439 g/mol. The van der Waals surface area contributed by atoms with Gasteiger partial charge in [-0.3, -0.25) is 0 Å². The monoisotopic (exact) mass is 470 g/mol. The van der Waals surface area contributed by atoms with E-state index >= 15 is 0 Å². The summed E-state index contributed by atoms with van der Waals surface area (Å²) in [6.07, 6.45) is 6.59. The van der Waals surface area contributed by atoms with Gasteiger partial charge in [-0.25, -0.2) is 15.0 Å². The molecule has 3 heterocycles. The number of aliphatic hydroxyl groups excluding tert-OH is 2. The van der Waals surface area contributed by atoms with Crippen molar-refractivity contribution < 1.29 is 10.2 Å². The molecule has 3 aromatic heterocycles. The van der Waals surface area contributed by atoms with Gasteiger partial charge in [0.05, 0.1) is 23.0 Å². The summed E-state index contributed by atoms with van der Waals surface area (Å²) in [5.41, 5.74) is 10.0. The van der Waals surface area contributed by atoms with E-state index < -0.39 is 12.2 Å². The lowest BCUT2D eigenvalue weighted by Gasteiger charge is -2.19. The second-order valence-electron chi connectivity index (χ2n) is 10.3. The minimum Gasteiger partial charge on any atom is -0.390 e. The van der Waals surface area contributed by atoms with E-state index in [-0.39, 0.29) is 12.0 Å². The van der Waals surface area contributed by atoms with Crippen LogP contribution >= 0.6 is 0 Å². The van der Waals surface area contributed by atoms with Crippen LogP contribution in [-0.4, -0.2) is 56.3 Å². The summed E-state index contributed by atoms with van der Waals surface area (Å²) in [5, 5.41) is 27.1. The molecule has 4 aromatic rings. The Labute approximate surface area is 205 Å². The van der Waals surface area contributed by atoms with E-state index in [0.717, 1.165) is 47.4 Å². The van der Waals surface area contributed by atoms with E-state index in [1.807, 2.05) is 16.8 Å². The van der Waals surface area contributed by atoms with Gasteiger partial charge in [-0.15, -0.1) is 0 Å². The van der Waals surface area contributed by atoms with Gasteiger partial charge < -0.3 is 25.8 Å². The van der Waals surface area contributed by atoms with E-state index in [4.69, 9.17) is 10.7 Å². The van der Waals surface area contributed by atoms with Crippen molar-refractivity contribution in [2.75, 3.05) is 17.6 Å². The van der Waals surface area contributed by atoms with Crippen molar-refractivity contribution in [3.05, 3.63) is 48.4 Å². The fraction of sp³-hybridized carbons (Fsp3) is 0.423. The number of anilines is 2. The van der Waals surface area contributed by atoms with Gasteiger partial charge in [-0.2, -0.15) is 0 Å². The molecule has 5 N–H and O–H groups in total. The Morgan fingerprint density at radius 2 is 1.97 bits per heavy atom. The summed E-state index contributed by atoms with van der Waals surface area (Å²) in [5.74, 6) is 2.18. The molecule has 6 rings (SSSR count). The normalized spacial score (nSPS) is 24.4. The van der Waals surface area contributed by atoms with Crippen LogP contribution in [0.1, 0.15) is 37.3 Å². The molecule has 9 heteroatoms. The highest BCUT2D eigenvalue weighted by Gasteiger charge is 2.42. The van der Waals surface area contributed by atoms with E-state index in [1.165, 1.54) is 30.2 Å². The van der Waals surface area contributed by atoms with Crippen molar-refractivity contribution in [3.63, 3.8) is 0 Å². The molecule has 2 saturated carbocycles. The summed E-state index contributed by atoms with van der Waals surface area (Å²) < 4.78 is 1.93. The second-order valence-corrected chi connectivity index (χ2v) is 10.3. The molecule has 2 aliphatic rings. The molecule has 0 saturated heterocycles. The van der Waals surface area contributed by atoms with E-state index in [0.29, 0.717) is 17.9 Å². The maximum Gasteiger partial charge on any atom is 0.145 e. The first-order valence-electron chi connectivity index (χ1n) is 12.5. The van der Waals surface area contributed by atoms with Crippen molar-refractivity contribution in [3.8, 4) is 0 Å². The molecule has 0 spiro atoms. The van der Waals surface area contributed by atoms with Gasteiger partial charge in [0.15, 0.2) is 0 Å². The number of aromatic nitrogens is 4. The number of aliphatic hydroxyl groups is 2. The number of nitrogens with two attached hydrogens (primary N) is 1. The number of hydrogen-bond acceptors (Lipinski definition) is 7. The largest absolute Gasteiger partial charge is 0.390 e. The third-order valence-corrected chi connectivity index (χ3v) is 7.80. The van der Waals surface area contributed by atoms with Crippen molar-refractivity contribution in [2.45, 2.75) is 50.4 Å². The third-order valence-electron chi connectivity index (χ3n) is 7.80. The SMILES string of the molecule is Bc1cc2ccc(CC[C@H]3C[C@@H](n4ccc5c(N)ncnc54)[C@H](O)[C@@H]3O)cc2nc1NCC1CC1. The highest BCUT2D eigenvalue weighted by Crippen LogP contribution is 2.39. The van der Waals surface area contributed by atoms with Gasteiger partial charge in [-0.05, 0) is 72.5 Å². The van der Waals surface area contributed by atoms with Crippen LogP contribution in [0.15, 0.2) is 42.9 Å². The Bertz CT molecular complexity index is 1390. The maximum absolute atomic E-state index is 10.9. The fourth-order valence-electron chi connectivity index (χ4n) is 5.49. The molecule has 2 fully saturated rings. The predicted molar refractivity (Wildman–Crippen MR) is 141 cm³/mol. The van der Waals surface area contributed by atoms with Crippen LogP contribution in [0.4, 0.5) is 11.6 Å². The first-order chi connectivity index (χ1) is 17.0. The Kier molecular flexibility index (Phi) is 5.61. The molecule has 180 valence electrons. The van der Waals surface area contributed by atoms with E-state index in [2.05, 4.69) is 47.4 Å². The highest BCUT2D eigenvalue weighted by atomic mass is 16.3. The summed E-state index contributed by atoms with van der Waals surface area (Å²) >= 11 is 0. The van der Waals surface area contributed by atoms with Crippen molar-refractivity contribution >= 4 is 46.9 Å². The number of pyridine rings is 1. The minimum atomic E-state index is -0.854. The van der Waals surface area contributed by atoms with Crippen molar-refractivity contribution in [2.24, 2.45) is 11.8 Å². The molecule has 0 aliphatic heterocycles. The van der Waals surface area contributed by atoms with Gasteiger partial charge >= 0.3 is 0 Å². The molecule has 4 atom stereocenters. The second kappa shape index (κ2) is 8.80. The standard InChI is InChI=1S/C26H31BN6O2/c27-19-10-16-5-3-14(9-20(16)32-25(19)29-12-15-1-2-15)4-6-17-11-21(23(35)22(17)34)33-8-7-18-24(28)30-13-31-26(18)33/h3,5,7-10,13,15,17,21-23,34-35H,1-2,4,6,11-12,27H2,(H,29,32)(H2,28,30,31)/t17-,21+,22+,23-/m0/s1. The van der Waals surface area contributed by atoms with Crippen molar-refractivity contribution in [1.29, 1.82) is 0 Å². The quantitative estimate of drug-likeness (QED) is 0.303. The van der Waals surface area contributed by atoms with Gasteiger partial charge in [0.25, 0.3) is 0 Å².